The summed E-state index contributed by atoms with van der Waals surface area (Å²) in [5, 5.41) is 5.92. The van der Waals surface area contributed by atoms with Crippen molar-refractivity contribution in [2.45, 2.75) is 19.8 Å². The van der Waals surface area contributed by atoms with Gasteiger partial charge < -0.3 is 21.4 Å². The number of aromatic amines is 1. The van der Waals surface area contributed by atoms with Crippen LogP contribution in [0, 0.1) is 0 Å². The smallest absolute Gasteiger partial charge is 0.221 e. The minimum atomic E-state index is 0.0507. The van der Waals surface area contributed by atoms with Crippen molar-refractivity contribution in [3.8, 4) is 0 Å². The van der Waals surface area contributed by atoms with E-state index in [0.29, 0.717) is 24.6 Å². The number of nitrogens with one attached hydrogen (secondary N) is 3. The number of anilines is 2. The number of nitrogens with zero attached hydrogens (tertiary/aromatic N) is 1. The summed E-state index contributed by atoms with van der Waals surface area (Å²) in [5.74, 6) is 0.707. The van der Waals surface area contributed by atoms with Crippen LogP contribution in [-0.2, 0) is 4.79 Å². The highest BCUT2D eigenvalue weighted by Gasteiger charge is 2.04. The molecule has 0 fully saturated rings. The third kappa shape index (κ3) is 3.61. The number of H-pyrrole nitrogens is 1. The molecule has 102 valence electrons. The van der Waals surface area contributed by atoms with Crippen molar-refractivity contribution in [1.82, 2.24) is 15.3 Å². The second kappa shape index (κ2) is 6.08. The zero-order valence-electron chi connectivity index (χ0n) is 11.0. The maximum atomic E-state index is 11.4. The van der Waals surface area contributed by atoms with Crippen molar-refractivity contribution in [2.24, 2.45) is 0 Å². The third-order valence-corrected chi connectivity index (χ3v) is 2.72. The number of hydrogen-bond donors (Lipinski definition) is 4. The Hall–Kier alpha value is -2.24. The molecular formula is C13H19N5O. The number of rotatable bonds is 6. The van der Waals surface area contributed by atoms with Gasteiger partial charge in [-0.2, -0.15) is 0 Å². The van der Waals surface area contributed by atoms with Gasteiger partial charge in [-0.1, -0.05) is 6.92 Å². The first-order valence-corrected chi connectivity index (χ1v) is 6.45. The van der Waals surface area contributed by atoms with Crippen molar-refractivity contribution in [1.29, 1.82) is 0 Å². The molecule has 0 radical (unpaired) electrons. The predicted octanol–water partition coefficient (Wildman–Crippen LogP) is 1.47. The summed E-state index contributed by atoms with van der Waals surface area (Å²) in [7, 11) is 0. The van der Waals surface area contributed by atoms with Gasteiger partial charge in [0.25, 0.3) is 0 Å². The molecular weight excluding hydrogens is 242 g/mol. The van der Waals surface area contributed by atoms with Crippen LogP contribution in [0.2, 0.25) is 0 Å². The summed E-state index contributed by atoms with van der Waals surface area (Å²) in [4.78, 5) is 18.9. The van der Waals surface area contributed by atoms with E-state index in [-0.39, 0.29) is 5.91 Å². The molecule has 1 amide bonds. The second-order valence-corrected chi connectivity index (χ2v) is 4.39. The summed E-state index contributed by atoms with van der Waals surface area (Å²) >= 11 is 0. The second-order valence-electron chi connectivity index (χ2n) is 4.39. The standard InChI is InChI=1S/C13H19N5O/c1-2-6-15-12(19)5-7-16-13-17-10-4-3-9(14)8-11(10)18-13/h3-4,8H,2,5-7,14H2,1H3,(H,15,19)(H2,16,17,18). The first-order valence-electron chi connectivity index (χ1n) is 6.45. The van der Waals surface area contributed by atoms with Crippen LogP contribution in [-0.4, -0.2) is 29.0 Å². The SMILES string of the molecule is CCCNC(=O)CCNc1nc2ccc(N)cc2[nH]1. The number of carbonyl (C=O) groups is 1. The number of aromatic nitrogens is 2. The van der Waals surface area contributed by atoms with Crippen LogP contribution in [0.3, 0.4) is 0 Å². The van der Waals surface area contributed by atoms with Gasteiger partial charge in [0, 0.05) is 25.2 Å². The largest absolute Gasteiger partial charge is 0.399 e. The van der Waals surface area contributed by atoms with Gasteiger partial charge in [0.15, 0.2) is 0 Å². The lowest BCUT2D eigenvalue weighted by molar-refractivity contribution is -0.120. The van der Waals surface area contributed by atoms with E-state index in [1.54, 1.807) is 0 Å². The van der Waals surface area contributed by atoms with Gasteiger partial charge in [-0.25, -0.2) is 4.98 Å². The van der Waals surface area contributed by atoms with Crippen LogP contribution in [0.5, 0.6) is 0 Å². The fourth-order valence-electron chi connectivity index (χ4n) is 1.76. The van der Waals surface area contributed by atoms with Crippen LogP contribution in [0.1, 0.15) is 19.8 Å². The molecule has 2 rings (SSSR count). The molecule has 0 saturated carbocycles. The fraction of sp³-hybridized carbons (Fsp3) is 0.385. The van der Waals surface area contributed by atoms with Crippen LogP contribution in [0.15, 0.2) is 18.2 Å². The van der Waals surface area contributed by atoms with Crippen LogP contribution < -0.4 is 16.4 Å². The average Bonchev–Trinajstić information content (AvgIpc) is 2.78. The van der Waals surface area contributed by atoms with Crippen LogP contribution in [0.25, 0.3) is 11.0 Å². The molecule has 2 aromatic rings. The minimum Gasteiger partial charge on any atom is -0.399 e. The van der Waals surface area contributed by atoms with Crippen molar-refractivity contribution >= 4 is 28.6 Å². The summed E-state index contributed by atoms with van der Waals surface area (Å²) in [6, 6.07) is 5.51. The molecule has 0 aliphatic heterocycles. The van der Waals surface area contributed by atoms with E-state index < -0.39 is 0 Å². The van der Waals surface area contributed by atoms with Crippen molar-refractivity contribution in [3.05, 3.63) is 18.2 Å². The average molecular weight is 261 g/mol. The highest BCUT2D eigenvalue weighted by atomic mass is 16.1. The van der Waals surface area contributed by atoms with Crippen molar-refractivity contribution < 1.29 is 4.79 Å². The maximum absolute atomic E-state index is 11.4. The first-order chi connectivity index (χ1) is 9.19. The lowest BCUT2D eigenvalue weighted by Crippen LogP contribution is -2.25. The molecule has 0 unspecified atom stereocenters. The van der Waals surface area contributed by atoms with Gasteiger partial charge >= 0.3 is 0 Å². The fourth-order valence-corrected chi connectivity index (χ4v) is 1.76. The van der Waals surface area contributed by atoms with E-state index in [1.807, 2.05) is 25.1 Å². The first kappa shape index (κ1) is 13.2. The molecule has 1 aromatic heterocycles. The Morgan fingerprint density at radius 2 is 2.26 bits per heavy atom. The molecule has 0 aliphatic rings. The summed E-state index contributed by atoms with van der Waals surface area (Å²) in [6.07, 6.45) is 1.38. The number of benzene rings is 1. The Bertz CT molecular complexity index is 563. The monoisotopic (exact) mass is 261 g/mol. The molecule has 0 bridgehead atoms. The number of hydrogen-bond acceptors (Lipinski definition) is 4. The normalized spacial score (nSPS) is 10.6. The van der Waals surface area contributed by atoms with Crippen molar-refractivity contribution in [3.63, 3.8) is 0 Å². The van der Waals surface area contributed by atoms with E-state index in [0.717, 1.165) is 24.0 Å². The van der Waals surface area contributed by atoms with E-state index in [2.05, 4.69) is 20.6 Å². The Balaban J connectivity index is 1.86. The molecule has 6 nitrogen and oxygen atoms in total. The maximum Gasteiger partial charge on any atom is 0.221 e. The number of nitrogens with two attached hydrogens (primary N) is 1. The van der Waals surface area contributed by atoms with E-state index in [4.69, 9.17) is 5.73 Å². The quantitative estimate of drug-likeness (QED) is 0.592. The Morgan fingerprint density at radius 3 is 3.05 bits per heavy atom. The molecule has 6 heteroatoms. The Labute approximate surface area is 111 Å². The third-order valence-electron chi connectivity index (χ3n) is 2.72. The predicted molar refractivity (Wildman–Crippen MR) is 76.9 cm³/mol. The molecule has 1 aromatic carbocycles. The van der Waals surface area contributed by atoms with Crippen molar-refractivity contribution in [2.75, 3.05) is 24.1 Å². The molecule has 0 aliphatic carbocycles. The van der Waals surface area contributed by atoms with E-state index >= 15 is 0 Å². The molecule has 19 heavy (non-hydrogen) atoms. The number of amides is 1. The Kier molecular flexibility index (Phi) is 4.22. The topological polar surface area (TPSA) is 95.8 Å². The van der Waals surface area contributed by atoms with Gasteiger partial charge in [0.05, 0.1) is 11.0 Å². The molecule has 0 atom stereocenters. The molecule has 0 saturated heterocycles. The highest BCUT2D eigenvalue weighted by molar-refractivity contribution is 5.81. The Morgan fingerprint density at radius 1 is 1.42 bits per heavy atom. The number of carbonyl (C=O) groups excluding carboxylic acids is 1. The van der Waals surface area contributed by atoms with E-state index in [9.17, 15) is 4.79 Å². The zero-order chi connectivity index (χ0) is 13.7. The molecule has 1 heterocycles. The van der Waals surface area contributed by atoms with Crippen LogP contribution >= 0.6 is 0 Å². The van der Waals surface area contributed by atoms with Gasteiger partial charge in [-0.3, -0.25) is 4.79 Å². The molecule has 0 spiro atoms. The van der Waals surface area contributed by atoms with Crippen LogP contribution in [0.4, 0.5) is 11.6 Å². The number of imidazole rings is 1. The lowest BCUT2D eigenvalue weighted by atomic mass is 10.3. The lowest BCUT2D eigenvalue weighted by Gasteiger charge is -2.03. The van der Waals surface area contributed by atoms with Gasteiger partial charge in [0.1, 0.15) is 0 Å². The minimum absolute atomic E-state index is 0.0507. The molecule has 5 N–H and O–H groups in total. The van der Waals surface area contributed by atoms with Gasteiger partial charge in [-0.15, -0.1) is 0 Å². The summed E-state index contributed by atoms with van der Waals surface area (Å²) in [6.45, 7) is 3.30. The number of fused-ring (bicyclic) bond motifs is 1. The summed E-state index contributed by atoms with van der Waals surface area (Å²) < 4.78 is 0. The zero-order valence-corrected chi connectivity index (χ0v) is 11.0. The van der Waals surface area contributed by atoms with Gasteiger partial charge in [0.2, 0.25) is 11.9 Å². The van der Waals surface area contributed by atoms with E-state index in [1.165, 1.54) is 0 Å². The summed E-state index contributed by atoms with van der Waals surface area (Å²) in [5.41, 5.74) is 8.14. The highest BCUT2D eigenvalue weighted by Crippen LogP contribution is 2.16. The number of nitrogen functional groups attached to an aromatic ring is 1. The van der Waals surface area contributed by atoms with Gasteiger partial charge in [-0.05, 0) is 24.6 Å².